The van der Waals surface area contributed by atoms with Gasteiger partial charge < -0.3 is 14.7 Å². The maximum atomic E-state index is 4.45. The number of nitrogens with zero attached hydrogens (tertiary/aromatic N) is 3. The molecule has 1 aliphatic rings. The van der Waals surface area contributed by atoms with Crippen molar-refractivity contribution in [3.05, 3.63) is 89.2 Å². The molecule has 0 unspecified atom stereocenters. The normalized spacial score (nSPS) is 16.4. The van der Waals surface area contributed by atoms with Crippen molar-refractivity contribution in [3.8, 4) is 0 Å². The molecule has 0 N–H and O–H groups in total. The summed E-state index contributed by atoms with van der Waals surface area (Å²) in [6.45, 7) is 15.8. The number of likely N-dealkylation sites (N-methyl/N-ethyl adjacent to an activating group) is 1. The third kappa shape index (κ3) is 4.46. The largest absolute Gasteiger partial charge is 0.378 e. The molecule has 3 heteroatoms. The fourth-order valence-corrected chi connectivity index (χ4v) is 4.88. The third-order valence-corrected chi connectivity index (χ3v) is 7.29. The molecule has 0 fully saturated rings. The van der Waals surface area contributed by atoms with Crippen LogP contribution in [-0.4, -0.2) is 35.2 Å². The molecule has 0 aliphatic carbocycles. The molecule has 0 saturated carbocycles. The summed E-state index contributed by atoms with van der Waals surface area (Å²) >= 11 is 0. The molecule has 176 valence electrons. The standard InChI is InChI=1S/C30H41N3/c1-21-19-23(31(7)8)15-17-25(21)29(3,4)22(2)13-12-14-28-30(5,6)26-18-16-24(32(9)10)20-27(26)33(28)11/h12-20H,2H2,1,3-11H3/b13-12+,28-14-. The van der Waals surface area contributed by atoms with Crippen molar-refractivity contribution in [2.24, 2.45) is 0 Å². The molecule has 1 heterocycles. The Bertz CT molecular complexity index is 1110. The Kier molecular flexibility index (Phi) is 6.57. The van der Waals surface area contributed by atoms with Crippen molar-refractivity contribution >= 4 is 17.1 Å². The first-order valence-corrected chi connectivity index (χ1v) is 11.7. The van der Waals surface area contributed by atoms with Gasteiger partial charge in [-0.1, -0.05) is 58.6 Å². The number of aryl methyl sites for hydroxylation is 1. The quantitative estimate of drug-likeness (QED) is 0.453. The van der Waals surface area contributed by atoms with Gasteiger partial charge in [-0.15, -0.1) is 0 Å². The lowest BCUT2D eigenvalue weighted by Gasteiger charge is -2.29. The highest BCUT2D eigenvalue weighted by molar-refractivity contribution is 5.74. The van der Waals surface area contributed by atoms with Gasteiger partial charge in [-0.3, -0.25) is 0 Å². The number of hydrogen-bond donors (Lipinski definition) is 0. The first-order valence-electron chi connectivity index (χ1n) is 11.7. The molecule has 0 amide bonds. The van der Waals surface area contributed by atoms with E-state index in [2.05, 4.69) is 146 Å². The van der Waals surface area contributed by atoms with Crippen molar-refractivity contribution in [3.63, 3.8) is 0 Å². The molecule has 0 bridgehead atoms. The Balaban J connectivity index is 1.87. The van der Waals surface area contributed by atoms with Crippen LogP contribution < -0.4 is 14.7 Å². The van der Waals surface area contributed by atoms with E-state index >= 15 is 0 Å². The van der Waals surface area contributed by atoms with Gasteiger partial charge in [0.05, 0.1) is 0 Å². The number of fused-ring (bicyclic) bond motifs is 1. The second-order valence-corrected chi connectivity index (χ2v) is 10.7. The third-order valence-electron chi connectivity index (χ3n) is 7.29. The molecule has 0 spiro atoms. The smallest absolute Gasteiger partial charge is 0.0468 e. The molecule has 3 rings (SSSR count). The summed E-state index contributed by atoms with van der Waals surface area (Å²) in [5, 5.41) is 0. The lowest BCUT2D eigenvalue weighted by Crippen LogP contribution is -2.22. The van der Waals surface area contributed by atoms with Gasteiger partial charge in [0.25, 0.3) is 0 Å². The second kappa shape index (κ2) is 8.78. The van der Waals surface area contributed by atoms with Crippen molar-refractivity contribution < 1.29 is 0 Å². The highest BCUT2D eigenvalue weighted by Crippen LogP contribution is 2.48. The lowest BCUT2D eigenvalue weighted by atomic mass is 9.76. The van der Waals surface area contributed by atoms with Gasteiger partial charge in [-0.2, -0.15) is 0 Å². The van der Waals surface area contributed by atoms with Gasteiger partial charge >= 0.3 is 0 Å². The zero-order valence-corrected chi connectivity index (χ0v) is 22.2. The summed E-state index contributed by atoms with van der Waals surface area (Å²) in [6.07, 6.45) is 6.59. The van der Waals surface area contributed by atoms with Crippen LogP contribution in [0.3, 0.4) is 0 Å². The van der Waals surface area contributed by atoms with Crippen molar-refractivity contribution in [2.75, 3.05) is 49.9 Å². The molecule has 2 aromatic rings. The van der Waals surface area contributed by atoms with Gasteiger partial charge in [-0.05, 0) is 59.5 Å². The number of anilines is 3. The topological polar surface area (TPSA) is 9.72 Å². The zero-order valence-electron chi connectivity index (χ0n) is 22.2. The Hall–Kier alpha value is -2.94. The number of hydrogen-bond acceptors (Lipinski definition) is 3. The molecular weight excluding hydrogens is 402 g/mol. The highest BCUT2D eigenvalue weighted by Gasteiger charge is 2.38. The van der Waals surface area contributed by atoms with E-state index in [0.29, 0.717) is 0 Å². The molecular formula is C30H41N3. The van der Waals surface area contributed by atoms with Crippen molar-refractivity contribution in [2.45, 2.75) is 45.4 Å². The van der Waals surface area contributed by atoms with Crippen LogP contribution in [0, 0.1) is 6.92 Å². The Labute approximate surface area is 201 Å². The van der Waals surface area contributed by atoms with E-state index in [1.165, 1.54) is 39.4 Å². The van der Waals surface area contributed by atoms with Crippen LogP contribution >= 0.6 is 0 Å². The average Bonchev–Trinajstić information content (AvgIpc) is 2.93. The highest BCUT2D eigenvalue weighted by atomic mass is 15.2. The molecule has 0 atom stereocenters. The monoisotopic (exact) mass is 443 g/mol. The average molecular weight is 444 g/mol. The zero-order chi connectivity index (χ0) is 24.7. The van der Waals surface area contributed by atoms with E-state index in [1.54, 1.807) is 0 Å². The van der Waals surface area contributed by atoms with Crippen LogP contribution in [0.5, 0.6) is 0 Å². The summed E-state index contributed by atoms with van der Waals surface area (Å²) in [4.78, 5) is 6.62. The number of rotatable bonds is 6. The van der Waals surface area contributed by atoms with Gasteiger partial charge in [0, 0.05) is 68.8 Å². The van der Waals surface area contributed by atoms with Crippen LogP contribution in [-0.2, 0) is 10.8 Å². The Morgan fingerprint density at radius 3 is 2.12 bits per heavy atom. The number of benzene rings is 2. The molecule has 1 aliphatic heterocycles. The summed E-state index contributed by atoms with van der Waals surface area (Å²) < 4.78 is 0. The van der Waals surface area contributed by atoms with Gasteiger partial charge in [-0.25, -0.2) is 0 Å². The predicted octanol–water partition coefficient (Wildman–Crippen LogP) is 6.83. The molecule has 3 nitrogen and oxygen atoms in total. The fraction of sp³-hybridized carbons (Fsp3) is 0.400. The minimum absolute atomic E-state index is 0.0469. The molecule has 0 aromatic heterocycles. The van der Waals surface area contributed by atoms with Crippen LogP contribution in [0.15, 0.2) is 72.5 Å². The van der Waals surface area contributed by atoms with Crippen LogP contribution in [0.4, 0.5) is 17.1 Å². The van der Waals surface area contributed by atoms with E-state index in [0.717, 1.165) is 5.57 Å². The van der Waals surface area contributed by atoms with E-state index in [4.69, 9.17) is 0 Å². The Morgan fingerprint density at radius 2 is 1.55 bits per heavy atom. The van der Waals surface area contributed by atoms with Gasteiger partial charge in [0.15, 0.2) is 0 Å². The SMILES string of the molecule is C=C(/C=C/C=C1\N(C)c2cc(N(C)C)ccc2C1(C)C)C(C)(C)c1ccc(N(C)C)cc1C. The molecule has 0 saturated heterocycles. The van der Waals surface area contributed by atoms with Crippen LogP contribution in [0.1, 0.15) is 44.4 Å². The first-order chi connectivity index (χ1) is 15.3. The van der Waals surface area contributed by atoms with E-state index in [-0.39, 0.29) is 10.8 Å². The van der Waals surface area contributed by atoms with Gasteiger partial charge in [0.1, 0.15) is 0 Å². The molecule has 0 radical (unpaired) electrons. The fourth-order valence-electron chi connectivity index (χ4n) is 4.88. The number of allylic oxidation sites excluding steroid dienone is 5. The summed E-state index contributed by atoms with van der Waals surface area (Å²) in [5.74, 6) is 0. The molecule has 2 aromatic carbocycles. The van der Waals surface area contributed by atoms with E-state index in [1.807, 2.05) is 0 Å². The van der Waals surface area contributed by atoms with Crippen LogP contribution in [0.25, 0.3) is 0 Å². The summed E-state index contributed by atoms with van der Waals surface area (Å²) in [5.41, 5.74) is 9.90. The maximum absolute atomic E-state index is 4.45. The van der Waals surface area contributed by atoms with Crippen molar-refractivity contribution in [1.82, 2.24) is 0 Å². The summed E-state index contributed by atoms with van der Waals surface area (Å²) in [7, 11) is 10.5. The first kappa shape index (κ1) is 24.7. The second-order valence-electron chi connectivity index (χ2n) is 10.7. The van der Waals surface area contributed by atoms with Crippen molar-refractivity contribution in [1.29, 1.82) is 0 Å². The van der Waals surface area contributed by atoms with E-state index < -0.39 is 0 Å². The Morgan fingerprint density at radius 1 is 0.970 bits per heavy atom. The minimum Gasteiger partial charge on any atom is -0.378 e. The summed E-state index contributed by atoms with van der Waals surface area (Å²) in [6, 6.07) is 13.5. The van der Waals surface area contributed by atoms with Gasteiger partial charge in [0.2, 0.25) is 0 Å². The predicted molar refractivity (Wildman–Crippen MR) is 147 cm³/mol. The maximum Gasteiger partial charge on any atom is 0.0468 e. The lowest BCUT2D eigenvalue weighted by molar-refractivity contribution is 0.635. The molecule has 33 heavy (non-hydrogen) atoms. The van der Waals surface area contributed by atoms with E-state index in [9.17, 15) is 0 Å². The van der Waals surface area contributed by atoms with Crippen LogP contribution in [0.2, 0.25) is 0 Å². The minimum atomic E-state index is -0.148.